The lowest BCUT2D eigenvalue weighted by atomic mass is 10.1. The number of rotatable bonds is 10. The van der Waals surface area contributed by atoms with E-state index < -0.39 is 0 Å². The molecule has 1 aliphatic heterocycles. The molecule has 3 rings (SSSR count). The maximum atomic E-state index is 5.45. The lowest BCUT2D eigenvalue weighted by molar-refractivity contribution is 0.251. The van der Waals surface area contributed by atoms with Gasteiger partial charge in [0.1, 0.15) is 5.75 Å². The van der Waals surface area contributed by atoms with Crippen LogP contribution in [0.25, 0.3) is 0 Å². The molecule has 164 valence electrons. The highest BCUT2D eigenvalue weighted by molar-refractivity contribution is 7.09. The van der Waals surface area contributed by atoms with Crippen molar-refractivity contribution in [2.24, 2.45) is 4.99 Å². The highest BCUT2D eigenvalue weighted by Crippen LogP contribution is 2.27. The van der Waals surface area contributed by atoms with E-state index >= 15 is 0 Å². The molecular formula is C23H35N5OS. The second-order valence-electron chi connectivity index (χ2n) is 7.67. The van der Waals surface area contributed by atoms with E-state index in [1.165, 1.54) is 23.4 Å². The van der Waals surface area contributed by atoms with E-state index in [4.69, 9.17) is 9.73 Å². The third kappa shape index (κ3) is 6.71. The number of ether oxygens (including phenoxy) is 1. The first kappa shape index (κ1) is 22.6. The number of guanidine groups is 1. The summed E-state index contributed by atoms with van der Waals surface area (Å²) in [4.78, 5) is 12.0. The van der Waals surface area contributed by atoms with Crippen LogP contribution in [0.3, 0.4) is 0 Å². The fourth-order valence-electron chi connectivity index (χ4n) is 3.82. The van der Waals surface area contributed by atoms with Crippen LogP contribution in [0.4, 0.5) is 0 Å². The van der Waals surface area contributed by atoms with E-state index in [9.17, 15) is 0 Å². The molecule has 1 aromatic heterocycles. The lowest BCUT2D eigenvalue weighted by Crippen LogP contribution is -2.39. The molecule has 7 heteroatoms. The maximum absolute atomic E-state index is 5.45. The Bertz CT molecular complexity index is 800. The number of benzene rings is 1. The Morgan fingerprint density at radius 3 is 2.83 bits per heavy atom. The van der Waals surface area contributed by atoms with E-state index in [1.54, 1.807) is 18.4 Å². The highest BCUT2D eigenvalue weighted by atomic mass is 32.1. The average Bonchev–Trinajstić information content (AvgIpc) is 3.43. The molecule has 0 saturated carbocycles. The van der Waals surface area contributed by atoms with Crippen molar-refractivity contribution in [1.29, 1.82) is 0 Å². The quantitative estimate of drug-likeness (QED) is 0.342. The number of likely N-dealkylation sites (tertiary alicyclic amines) is 1. The number of nitrogens with one attached hydrogen (secondary N) is 2. The molecule has 1 saturated heterocycles. The van der Waals surface area contributed by atoms with Crippen LogP contribution in [-0.4, -0.2) is 55.7 Å². The molecule has 2 N–H and O–H groups in total. The van der Waals surface area contributed by atoms with Gasteiger partial charge in [0.25, 0.3) is 0 Å². The van der Waals surface area contributed by atoms with Crippen molar-refractivity contribution < 1.29 is 4.74 Å². The highest BCUT2D eigenvalue weighted by Gasteiger charge is 2.23. The Kier molecular flexibility index (Phi) is 8.96. The minimum atomic E-state index is 0.274. The minimum absolute atomic E-state index is 0.274. The normalized spacial score (nSPS) is 15.9. The molecule has 0 aliphatic carbocycles. The molecule has 1 unspecified atom stereocenters. The van der Waals surface area contributed by atoms with Gasteiger partial charge in [-0.3, -0.25) is 9.89 Å². The molecule has 1 aliphatic rings. The van der Waals surface area contributed by atoms with Gasteiger partial charge in [-0.25, -0.2) is 4.98 Å². The molecule has 1 atom stereocenters. The third-order valence-electron chi connectivity index (χ3n) is 5.35. The fraction of sp³-hybridized carbons (Fsp3) is 0.565. The van der Waals surface area contributed by atoms with Gasteiger partial charge in [-0.15, -0.1) is 11.3 Å². The van der Waals surface area contributed by atoms with E-state index in [0.29, 0.717) is 0 Å². The first-order chi connectivity index (χ1) is 14.7. The van der Waals surface area contributed by atoms with Crippen LogP contribution in [0.1, 0.15) is 48.5 Å². The number of aliphatic imine (C=N–C) groups is 1. The van der Waals surface area contributed by atoms with E-state index in [2.05, 4.69) is 51.0 Å². The second-order valence-corrected chi connectivity index (χ2v) is 8.61. The molecule has 30 heavy (non-hydrogen) atoms. The summed E-state index contributed by atoms with van der Waals surface area (Å²) in [7, 11) is 1.72. The summed E-state index contributed by atoms with van der Waals surface area (Å²) < 4.78 is 5.45. The number of nitrogens with zero attached hydrogens (tertiary/aromatic N) is 3. The molecule has 0 spiro atoms. The van der Waals surface area contributed by atoms with Crippen molar-refractivity contribution in [1.82, 2.24) is 20.5 Å². The number of aromatic nitrogens is 1. The molecule has 1 fully saturated rings. The molecule has 2 heterocycles. The molecule has 0 amide bonds. The summed E-state index contributed by atoms with van der Waals surface area (Å²) in [5.41, 5.74) is 2.39. The Hall–Kier alpha value is -2.12. The van der Waals surface area contributed by atoms with Crippen LogP contribution in [-0.2, 0) is 6.42 Å². The number of methoxy groups -OCH3 is 1. The van der Waals surface area contributed by atoms with Crippen LogP contribution < -0.4 is 15.4 Å². The number of hydrogen-bond acceptors (Lipinski definition) is 5. The zero-order valence-corrected chi connectivity index (χ0v) is 19.3. The molecule has 0 radical (unpaired) electrons. The Morgan fingerprint density at radius 2 is 2.13 bits per heavy atom. The zero-order chi connectivity index (χ0) is 21.2. The van der Waals surface area contributed by atoms with Crippen LogP contribution in [0, 0.1) is 6.92 Å². The predicted octanol–water partition coefficient (Wildman–Crippen LogP) is 3.78. The van der Waals surface area contributed by atoms with Crippen LogP contribution in [0.15, 0.2) is 34.6 Å². The van der Waals surface area contributed by atoms with E-state index in [-0.39, 0.29) is 6.04 Å². The van der Waals surface area contributed by atoms with Gasteiger partial charge in [-0.2, -0.15) is 0 Å². The minimum Gasteiger partial charge on any atom is -0.497 e. The van der Waals surface area contributed by atoms with Gasteiger partial charge < -0.3 is 15.4 Å². The Morgan fingerprint density at radius 1 is 1.30 bits per heavy atom. The van der Waals surface area contributed by atoms with E-state index in [1.807, 2.05) is 13.0 Å². The van der Waals surface area contributed by atoms with Crippen molar-refractivity contribution in [3.8, 4) is 5.75 Å². The van der Waals surface area contributed by atoms with Crippen LogP contribution in [0.2, 0.25) is 0 Å². The Labute approximate surface area is 184 Å². The maximum Gasteiger partial charge on any atom is 0.191 e. The molecule has 2 aromatic rings. The van der Waals surface area contributed by atoms with Gasteiger partial charge in [0, 0.05) is 30.6 Å². The topological polar surface area (TPSA) is 61.8 Å². The van der Waals surface area contributed by atoms with Crippen molar-refractivity contribution in [3.05, 3.63) is 45.9 Å². The number of thiazole rings is 1. The largest absolute Gasteiger partial charge is 0.497 e. The van der Waals surface area contributed by atoms with Crippen molar-refractivity contribution >= 4 is 17.3 Å². The van der Waals surface area contributed by atoms with Crippen LogP contribution >= 0.6 is 11.3 Å². The van der Waals surface area contributed by atoms with Gasteiger partial charge in [0.2, 0.25) is 0 Å². The van der Waals surface area contributed by atoms with Crippen molar-refractivity contribution in [2.75, 3.05) is 39.8 Å². The smallest absolute Gasteiger partial charge is 0.191 e. The van der Waals surface area contributed by atoms with Crippen molar-refractivity contribution in [2.45, 2.75) is 45.6 Å². The van der Waals surface area contributed by atoms with Crippen molar-refractivity contribution in [3.63, 3.8) is 0 Å². The summed E-state index contributed by atoms with van der Waals surface area (Å²) >= 11 is 1.75. The average molecular weight is 430 g/mol. The molecule has 0 bridgehead atoms. The Balaban J connectivity index is 1.61. The summed E-state index contributed by atoms with van der Waals surface area (Å²) in [5, 5.41) is 10.2. The monoisotopic (exact) mass is 429 g/mol. The summed E-state index contributed by atoms with van der Waals surface area (Å²) in [6, 6.07) is 8.69. The standard InChI is InChI=1S/C23H35N5OS/c1-4-24-23(25-12-8-11-22-27-18(2)17-30-22)26-16-21(28-13-5-6-14-28)19-9-7-10-20(15-19)29-3/h7,9-10,15,17,21H,4-6,8,11-14,16H2,1-3H3,(H2,24,25,26). The first-order valence-electron chi connectivity index (χ1n) is 11.0. The second kappa shape index (κ2) is 11.9. The third-order valence-corrected chi connectivity index (χ3v) is 6.38. The number of hydrogen-bond donors (Lipinski definition) is 2. The summed E-state index contributed by atoms with van der Waals surface area (Å²) in [5.74, 6) is 1.79. The van der Waals surface area contributed by atoms with Crippen LogP contribution in [0.5, 0.6) is 5.75 Å². The lowest BCUT2D eigenvalue weighted by Gasteiger charge is -2.27. The fourth-order valence-corrected chi connectivity index (χ4v) is 4.64. The van der Waals surface area contributed by atoms with Gasteiger partial charge in [-0.1, -0.05) is 12.1 Å². The van der Waals surface area contributed by atoms with Gasteiger partial charge >= 0.3 is 0 Å². The first-order valence-corrected chi connectivity index (χ1v) is 11.9. The van der Waals surface area contributed by atoms with Gasteiger partial charge in [-0.05, 0) is 63.9 Å². The predicted molar refractivity (Wildman–Crippen MR) is 126 cm³/mol. The van der Waals surface area contributed by atoms with E-state index in [0.717, 1.165) is 63.0 Å². The molecule has 1 aromatic carbocycles. The zero-order valence-electron chi connectivity index (χ0n) is 18.5. The van der Waals surface area contributed by atoms with Gasteiger partial charge in [0.05, 0.1) is 24.7 Å². The summed E-state index contributed by atoms with van der Waals surface area (Å²) in [6.45, 7) is 8.89. The molecular weight excluding hydrogens is 394 g/mol. The SMILES string of the molecule is CCNC(=NCC(c1cccc(OC)c1)N1CCCC1)NCCCc1nc(C)cs1. The number of aryl methyl sites for hydroxylation is 2. The summed E-state index contributed by atoms with van der Waals surface area (Å²) in [6.07, 6.45) is 4.57. The molecule has 6 nitrogen and oxygen atoms in total. The van der Waals surface area contributed by atoms with Gasteiger partial charge in [0.15, 0.2) is 5.96 Å².